The molecule has 18 nitrogen and oxygen atoms in total. The van der Waals surface area contributed by atoms with Crippen LogP contribution in [-0.4, -0.2) is 87.7 Å². The van der Waals surface area contributed by atoms with Crippen LogP contribution in [0.2, 0.25) is 0 Å². The standard InChI is InChI=1S/C81H104O18/c1-5-9-10-23-30-37-77(95-69-50-52-70(53-51-69)96-78(85)63-38-44-66(45-39-63)91-58-33-28-29-36-61-94-76(84)8-4)99-81(88)72-62-71(97-79(86)64-40-46-67(47-41-64)89-56-31-24-19-15-11-13-17-21-26-34-59-92-74(82)6-2)54-55-73(72)98-80(87)65-42-48-68(49-43-65)90-57-32-25-20-16-12-14-18-22-27-35-60-93-75(83)7-3/h6-8,38-55,62,77H,2-5,9-37,56-61H2,1H3. The highest BCUT2D eigenvalue weighted by Crippen LogP contribution is 2.30. The lowest BCUT2D eigenvalue weighted by atomic mass is 10.1. The third-order valence-corrected chi connectivity index (χ3v) is 16.1. The molecule has 5 aromatic carbocycles. The average Bonchev–Trinajstić information content (AvgIpc) is 0.929. The van der Waals surface area contributed by atoms with E-state index in [1.54, 1.807) is 97.1 Å². The first-order valence-corrected chi connectivity index (χ1v) is 35.7. The molecule has 1 atom stereocenters. The monoisotopic (exact) mass is 1360 g/mol. The number of ether oxygens (including phenoxy) is 11. The topological polar surface area (TPSA) is 221 Å². The third kappa shape index (κ3) is 35.2. The largest absolute Gasteiger partial charge is 0.494 e. The van der Waals surface area contributed by atoms with Gasteiger partial charge in [0.2, 0.25) is 6.29 Å². The second-order valence-electron chi connectivity index (χ2n) is 24.2. The lowest BCUT2D eigenvalue weighted by Crippen LogP contribution is -2.25. The summed E-state index contributed by atoms with van der Waals surface area (Å²) in [5.41, 5.74) is 0.557. The molecule has 5 aromatic rings. The maximum atomic E-state index is 14.6. The molecule has 5 rings (SSSR count). The fourth-order valence-corrected chi connectivity index (χ4v) is 10.4. The fraction of sp³-hybridized carbons (Fsp3) is 0.469. The number of unbranched alkanes of at least 4 members (excludes halogenated alkanes) is 25. The van der Waals surface area contributed by atoms with Gasteiger partial charge in [0.25, 0.3) is 0 Å². The molecule has 0 saturated carbocycles. The molecule has 0 fully saturated rings. The highest BCUT2D eigenvalue weighted by Gasteiger charge is 2.25. The van der Waals surface area contributed by atoms with Gasteiger partial charge in [-0.2, -0.15) is 0 Å². The Hall–Kier alpha value is -9.19. The van der Waals surface area contributed by atoms with E-state index in [0.717, 1.165) is 154 Å². The highest BCUT2D eigenvalue weighted by atomic mass is 16.7. The number of rotatable bonds is 55. The molecule has 0 bridgehead atoms. The summed E-state index contributed by atoms with van der Waals surface area (Å²) in [5.74, 6) is -1.88. The second-order valence-corrected chi connectivity index (χ2v) is 24.2. The van der Waals surface area contributed by atoms with Gasteiger partial charge in [0.15, 0.2) is 0 Å². The maximum Gasteiger partial charge on any atom is 0.345 e. The van der Waals surface area contributed by atoms with Crippen LogP contribution in [0.15, 0.2) is 153 Å². The zero-order chi connectivity index (χ0) is 70.8. The Labute approximate surface area is 586 Å². The predicted octanol–water partition coefficient (Wildman–Crippen LogP) is 19.0. The van der Waals surface area contributed by atoms with Gasteiger partial charge in [-0.05, 0) is 173 Å². The Morgan fingerprint density at radius 3 is 1.00 bits per heavy atom. The van der Waals surface area contributed by atoms with Crippen molar-refractivity contribution in [3.8, 4) is 40.2 Å². The van der Waals surface area contributed by atoms with E-state index in [0.29, 0.717) is 81.0 Å². The van der Waals surface area contributed by atoms with E-state index in [9.17, 15) is 33.6 Å². The van der Waals surface area contributed by atoms with Gasteiger partial charge >= 0.3 is 41.8 Å². The zero-order valence-corrected chi connectivity index (χ0v) is 58.2. The first-order valence-electron chi connectivity index (χ1n) is 35.7. The molecule has 0 aromatic heterocycles. The number of hydrogen-bond donors (Lipinski definition) is 0. The van der Waals surface area contributed by atoms with Crippen molar-refractivity contribution in [3.05, 3.63) is 175 Å². The Balaban J connectivity index is 1.17. The molecule has 0 heterocycles. The summed E-state index contributed by atoms with van der Waals surface area (Å²) in [4.78, 5) is 88.8. The van der Waals surface area contributed by atoms with Gasteiger partial charge in [0.1, 0.15) is 45.8 Å². The summed E-state index contributed by atoms with van der Waals surface area (Å²) >= 11 is 0. The van der Waals surface area contributed by atoms with Crippen LogP contribution in [0.4, 0.5) is 0 Å². The van der Waals surface area contributed by atoms with Crippen LogP contribution < -0.4 is 33.2 Å². The Bertz CT molecular complexity index is 3170. The van der Waals surface area contributed by atoms with E-state index in [1.165, 1.54) is 62.5 Å². The normalized spacial score (nSPS) is 11.1. The Morgan fingerprint density at radius 1 is 0.323 bits per heavy atom. The molecule has 0 aliphatic heterocycles. The zero-order valence-electron chi connectivity index (χ0n) is 58.2. The van der Waals surface area contributed by atoms with Crippen molar-refractivity contribution in [2.75, 3.05) is 39.6 Å². The van der Waals surface area contributed by atoms with Crippen LogP contribution in [0.3, 0.4) is 0 Å². The molecular weight excluding hydrogens is 1260 g/mol. The second kappa shape index (κ2) is 50.2. The van der Waals surface area contributed by atoms with Crippen molar-refractivity contribution in [2.45, 2.75) is 206 Å². The number of benzene rings is 5. The predicted molar refractivity (Wildman–Crippen MR) is 381 cm³/mol. The van der Waals surface area contributed by atoms with Gasteiger partial charge in [0, 0.05) is 24.6 Å². The smallest absolute Gasteiger partial charge is 0.345 e. The van der Waals surface area contributed by atoms with Crippen LogP contribution in [-0.2, 0) is 33.3 Å². The first-order chi connectivity index (χ1) is 48.4. The van der Waals surface area contributed by atoms with Crippen molar-refractivity contribution in [1.82, 2.24) is 0 Å². The van der Waals surface area contributed by atoms with Gasteiger partial charge in [0.05, 0.1) is 56.3 Å². The van der Waals surface area contributed by atoms with Crippen molar-refractivity contribution in [1.29, 1.82) is 0 Å². The molecule has 99 heavy (non-hydrogen) atoms. The lowest BCUT2D eigenvalue weighted by Gasteiger charge is -2.21. The molecule has 0 N–H and O–H groups in total. The molecule has 0 aliphatic carbocycles. The highest BCUT2D eigenvalue weighted by molar-refractivity contribution is 5.97. The number of carbonyl (C=O) groups is 7. The van der Waals surface area contributed by atoms with E-state index in [-0.39, 0.29) is 45.9 Å². The quantitative estimate of drug-likeness (QED) is 0.00881. The van der Waals surface area contributed by atoms with E-state index in [4.69, 9.17) is 52.1 Å². The SMILES string of the molecule is C=CC(=O)OCCCCCCCCCCCCOc1ccc(C(=O)Oc2ccc(OC(=O)c3ccc(OCCCCCCCCCCCCOC(=O)C=C)cc3)c(C(=O)OC(CCCCCCC)Oc3ccc(OC(=O)c4ccc(OCCCCCCOC(=O)C=C)cc4)cc3)c2)cc1. The third-order valence-electron chi connectivity index (χ3n) is 16.1. The number of carbonyl (C=O) groups excluding carboxylic acids is 7. The van der Waals surface area contributed by atoms with Crippen molar-refractivity contribution < 1.29 is 85.7 Å². The van der Waals surface area contributed by atoms with Gasteiger partial charge in [-0.1, -0.05) is 155 Å². The summed E-state index contributed by atoms with van der Waals surface area (Å²) in [6, 6.07) is 30.3. The molecule has 0 radical (unpaired) electrons. The number of esters is 7. The van der Waals surface area contributed by atoms with E-state index in [1.807, 2.05) is 0 Å². The van der Waals surface area contributed by atoms with Crippen molar-refractivity contribution >= 4 is 41.8 Å². The molecule has 0 aliphatic rings. The molecular formula is C81H104O18. The van der Waals surface area contributed by atoms with E-state index < -0.39 is 36.1 Å². The molecule has 1 unspecified atom stereocenters. The molecule has 0 amide bonds. The molecule has 18 heteroatoms. The van der Waals surface area contributed by atoms with Crippen LogP contribution >= 0.6 is 0 Å². The Kier molecular flexibility index (Phi) is 40.8. The van der Waals surface area contributed by atoms with Gasteiger partial charge < -0.3 is 52.1 Å². The van der Waals surface area contributed by atoms with Gasteiger partial charge in [-0.3, -0.25) is 0 Å². The minimum atomic E-state index is -1.12. The Morgan fingerprint density at radius 2 is 0.626 bits per heavy atom. The average molecular weight is 1370 g/mol. The van der Waals surface area contributed by atoms with Gasteiger partial charge in [-0.15, -0.1) is 0 Å². The maximum absolute atomic E-state index is 14.6. The summed E-state index contributed by atoms with van der Waals surface area (Å²) in [5, 5.41) is 0. The summed E-state index contributed by atoms with van der Waals surface area (Å²) in [6.07, 6.45) is 32.2. The van der Waals surface area contributed by atoms with E-state index in [2.05, 4.69) is 26.7 Å². The van der Waals surface area contributed by atoms with Crippen LogP contribution in [0.25, 0.3) is 0 Å². The summed E-state index contributed by atoms with van der Waals surface area (Å²) in [7, 11) is 0. The van der Waals surface area contributed by atoms with Gasteiger partial charge in [-0.25, -0.2) is 33.6 Å². The molecule has 0 spiro atoms. The van der Waals surface area contributed by atoms with Crippen molar-refractivity contribution in [3.63, 3.8) is 0 Å². The summed E-state index contributed by atoms with van der Waals surface area (Å²) in [6.45, 7) is 15.1. The van der Waals surface area contributed by atoms with Crippen LogP contribution in [0, 0.1) is 0 Å². The molecule has 536 valence electrons. The first kappa shape index (κ1) is 80.5. The van der Waals surface area contributed by atoms with Crippen LogP contribution in [0.5, 0.6) is 40.2 Å². The minimum Gasteiger partial charge on any atom is -0.494 e. The lowest BCUT2D eigenvalue weighted by molar-refractivity contribution is -0.138. The van der Waals surface area contributed by atoms with E-state index >= 15 is 0 Å². The minimum absolute atomic E-state index is 0.0110. The van der Waals surface area contributed by atoms with Crippen molar-refractivity contribution in [2.24, 2.45) is 0 Å². The summed E-state index contributed by atoms with van der Waals surface area (Å²) < 4.78 is 62.8. The molecule has 0 saturated heterocycles. The van der Waals surface area contributed by atoms with Crippen LogP contribution in [0.1, 0.15) is 241 Å². The number of hydrogen-bond acceptors (Lipinski definition) is 18. The fourth-order valence-electron chi connectivity index (χ4n) is 10.4.